The zero-order valence-corrected chi connectivity index (χ0v) is 10.8. The average Bonchev–Trinajstić information content (AvgIpc) is 3.11. The molecule has 17 heavy (non-hydrogen) atoms. The summed E-state index contributed by atoms with van der Waals surface area (Å²) in [5.41, 5.74) is 3.66. The molecule has 1 fully saturated rings. The van der Waals surface area contributed by atoms with Crippen molar-refractivity contribution in [3.63, 3.8) is 0 Å². The summed E-state index contributed by atoms with van der Waals surface area (Å²) in [4.78, 5) is 0. The van der Waals surface area contributed by atoms with Gasteiger partial charge in [-0.2, -0.15) is 0 Å². The van der Waals surface area contributed by atoms with Crippen molar-refractivity contribution in [1.82, 2.24) is 5.32 Å². The van der Waals surface area contributed by atoms with Crippen LogP contribution in [0.15, 0.2) is 24.8 Å². The lowest BCUT2D eigenvalue weighted by molar-refractivity contribution is 0.298. The van der Waals surface area contributed by atoms with Gasteiger partial charge in [-0.1, -0.05) is 24.3 Å². The smallest absolute Gasteiger partial charge is 0.119 e. The molecule has 0 atom stereocenters. The molecule has 0 amide bonds. The highest BCUT2D eigenvalue weighted by atomic mass is 16.5. The van der Waals surface area contributed by atoms with Crippen molar-refractivity contribution >= 4 is 5.76 Å². The van der Waals surface area contributed by atoms with E-state index in [9.17, 15) is 0 Å². The Balaban J connectivity index is 2.13. The van der Waals surface area contributed by atoms with Gasteiger partial charge in [-0.05, 0) is 38.3 Å². The molecule has 0 unspecified atom stereocenters. The molecule has 2 heteroatoms. The molecule has 0 aliphatic heterocycles. The summed E-state index contributed by atoms with van der Waals surface area (Å²) >= 11 is 0. The highest BCUT2D eigenvalue weighted by Gasteiger charge is 2.20. The molecule has 0 spiro atoms. The standard InChI is InChI=1S/C15H21NO/c1-4-17-12(3)15-9-11(2)5-6-13(15)10-16-14-7-8-14/h5-6,9,14,16H,3-4,7-8,10H2,1-2H3. The number of rotatable bonds is 6. The Morgan fingerprint density at radius 1 is 1.47 bits per heavy atom. The van der Waals surface area contributed by atoms with E-state index in [1.807, 2.05) is 6.92 Å². The van der Waals surface area contributed by atoms with Gasteiger partial charge < -0.3 is 10.1 Å². The zero-order chi connectivity index (χ0) is 12.3. The van der Waals surface area contributed by atoms with E-state index in [1.54, 1.807) is 0 Å². The Hall–Kier alpha value is -1.28. The lowest BCUT2D eigenvalue weighted by atomic mass is 10.0. The second-order valence-corrected chi connectivity index (χ2v) is 4.67. The van der Waals surface area contributed by atoms with Gasteiger partial charge in [0.05, 0.1) is 6.61 Å². The number of benzene rings is 1. The van der Waals surface area contributed by atoms with Crippen molar-refractivity contribution in [2.24, 2.45) is 0 Å². The molecule has 0 bridgehead atoms. The van der Waals surface area contributed by atoms with Crippen molar-refractivity contribution in [3.8, 4) is 0 Å². The monoisotopic (exact) mass is 231 g/mol. The molecule has 1 saturated carbocycles. The van der Waals surface area contributed by atoms with Crippen molar-refractivity contribution in [1.29, 1.82) is 0 Å². The summed E-state index contributed by atoms with van der Waals surface area (Å²) in [6.07, 6.45) is 2.63. The lowest BCUT2D eigenvalue weighted by Crippen LogP contribution is -2.16. The first-order valence-electron chi connectivity index (χ1n) is 6.35. The minimum absolute atomic E-state index is 0.669. The third-order valence-corrected chi connectivity index (χ3v) is 3.04. The highest BCUT2D eigenvalue weighted by molar-refractivity contribution is 5.62. The van der Waals surface area contributed by atoms with E-state index in [0.29, 0.717) is 6.61 Å². The predicted molar refractivity (Wildman–Crippen MR) is 71.7 cm³/mol. The molecule has 0 radical (unpaired) electrons. The lowest BCUT2D eigenvalue weighted by Gasteiger charge is -2.14. The van der Waals surface area contributed by atoms with Gasteiger partial charge in [0.2, 0.25) is 0 Å². The van der Waals surface area contributed by atoms with Gasteiger partial charge in [0, 0.05) is 18.2 Å². The molecule has 1 aromatic rings. The fourth-order valence-corrected chi connectivity index (χ4v) is 1.90. The number of nitrogens with one attached hydrogen (secondary N) is 1. The molecular formula is C15H21NO. The SMILES string of the molecule is C=C(OCC)c1cc(C)ccc1CNC1CC1. The summed E-state index contributed by atoms with van der Waals surface area (Å²) in [6, 6.07) is 7.20. The molecule has 0 heterocycles. The van der Waals surface area contributed by atoms with Crippen molar-refractivity contribution in [2.75, 3.05) is 6.61 Å². The van der Waals surface area contributed by atoms with Crippen molar-refractivity contribution < 1.29 is 4.74 Å². The molecule has 1 aliphatic rings. The fraction of sp³-hybridized carbons (Fsp3) is 0.467. The Morgan fingerprint density at radius 3 is 2.88 bits per heavy atom. The minimum atomic E-state index is 0.669. The van der Waals surface area contributed by atoms with Crippen LogP contribution in [0.2, 0.25) is 0 Å². The molecular weight excluding hydrogens is 210 g/mol. The van der Waals surface area contributed by atoms with Gasteiger partial charge in [-0.3, -0.25) is 0 Å². The van der Waals surface area contributed by atoms with E-state index in [1.165, 1.54) is 24.0 Å². The third-order valence-electron chi connectivity index (χ3n) is 3.04. The number of aryl methyl sites for hydroxylation is 1. The second kappa shape index (κ2) is 5.37. The Bertz CT molecular complexity index is 407. The van der Waals surface area contributed by atoms with Crippen LogP contribution in [0.4, 0.5) is 0 Å². The molecule has 92 valence electrons. The normalized spacial score (nSPS) is 14.7. The first-order valence-corrected chi connectivity index (χ1v) is 6.35. The van der Waals surface area contributed by atoms with Gasteiger partial charge >= 0.3 is 0 Å². The van der Waals surface area contributed by atoms with Crippen LogP contribution >= 0.6 is 0 Å². The van der Waals surface area contributed by atoms with E-state index in [-0.39, 0.29) is 0 Å². The topological polar surface area (TPSA) is 21.3 Å². The van der Waals surface area contributed by atoms with Crippen molar-refractivity contribution in [2.45, 2.75) is 39.3 Å². The Kier molecular flexibility index (Phi) is 3.85. The predicted octanol–water partition coefficient (Wildman–Crippen LogP) is 3.25. The van der Waals surface area contributed by atoms with Crippen LogP contribution in [0.3, 0.4) is 0 Å². The quantitative estimate of drug-likeness (QED) is 0.759. The number of hydrogen-bond acceptors (Lipinski definition) is 2. The van der Waals surface area contributed by atoms with Gasteiger partial charge in [0.1, 0.15) is 5.76 Å². The summed E-state index contributed by atoms with van der Waals surface area (Å²) in [5.74, 6) is 0.781. The van der Waals surface area contributed by atoms with E-state index in [2.05, 4.69) is 37.0 Å². The Labute approximate surface area is 104 Å². The maximum Gasteiger partial charge on any atom is 0.119 e. The maximum absolute atomic E-state index is 5.52. The molecule has 2 nitrogen and oxygen atoms in total. The van der Waals surface area contributed by atoms with Crippen LogP contribution in [0.25, 0.3) is 5.76 Å². The van der Waals surface area contributed by atoms with Crippen LogP contribution in [-0.4, -0.2) is 12.6 Å². The molecule has 0 aromatic heterocycles. The van der Waals surface area contributed by atoms with Crippen LogP contribution in [0, 0.1) is 6.92 Å². The molecule has 0 saturated heterocycles. The summed E-state index contributed by atoms with van der Waals surface area (Å²) in [5, 5.41) is 3.53. The van der Waals surface area contributed by atoms with E-state index >= 15 is 0 Å². The summed E-state index contributed by atoms with van der Waals surface area (Å²) in [6.45, 7) is 9.67. The molecule has 1 aromatic carbocycles. The first kappa shape index (κ1) is 12.2. The van der Waals surface area contributed by atoms with Gasteiger partial charge in [0.15, 0.2) is 0 Å². The second-order valence-electron chi connectivity index (χ2n) is 4.67. The maximum atomic E-state index is 5.52. The molecule has 1 aliphatic carbocycles. The molecule has 1 N–H and O–H groups in total. The minimum Gasteiger partial charge on any atom is -0.494 e. The fourth-order valence-electron chi connectivity index (χ4n) is 1.90. The van der Waals surface area contributed by atoms with Crippen molar-refractivity contribution in [3.05, 3.63) is 41.5 Å². The number of hydrogen-bond donors (Lipinski definition) is 1. The average molecular weight is 231 g/mol. The van der Waals surface area contributed by atoms with E-state index < -0.39 is 0 Å². The number of ether oxygens (including phenoxy) is 1. The largest absolute Gasteiger partial charge is 0.494 e. The van der Waals surface area contributed by atoms with Crippen LogP contribution < -0.4 is 5.32 Å². The summed E-state index contributed by atoms with van der Waals surface area (Å²) in [7, 11) is 0. The van der Waals surface area contributed by atoms with E-state index in [4.69, 9.17) is 4.74 Å². The van der Waals surface area contributed by atoms with Gasteiger partial charge in [-0.15, -0.1) is 0 Å². The summed E-state index contributed by atoms with van der Waals surface area (Å²) < 4.78 is 5.52. The highest BCUT2D eigenvalue weighted by Crippen LogP contribution is 2.23. The molecule has 2 rings (SSSR count). The Morgan fingerprint density at radius 2 is 2.24 bits per heavy atom. The first-order chi connectivity index (χ1) is 8.20. The van der Waals surface area contributed by atoms with Crippen LogP contribution in [0.1, 0.15) is 36.5 Å². The van der Waals surface area contributed by atoms with E-state index in [0.717, 1.165) is 23.9 Å². The van der Waals surface area contributed by atoms with Gasteiger partial charge in [-0.25, -0.2) is 0 Å². The zero-order valence-electron chi connectivity index (χ0n) is 10.8. The van der Waals surface area contributed by atoms with Crippen LogP contribution in [0.5, 0.6) is 0 Å². The van der Waals surface area contributed by atoms with Gasteiger partial charge in [0.25, 0.3) is 0 Å². The third kappa shape index (κ3) is 3.34. The van der Waals surface area contributed by atoms with Crippen LogP contribution in [-0.2, 0) is 11.3 Å².